The van der Waals surface area contributed by atoms with Crippen LogP contribution in [0.25, 0.3) is 0 Å². The molecule has 2 rings (SSSR count). The molecular weight excluding hydrogens is 224 g/mol. The Morgan fingerprint density at radius 3 is 2.59 bits per heavy atom. The molecule has 17 heavy (non-hydrogen) atoms. The molecule has 7 heteroatoms. The highest BCUT2D eigenvalue weighted by atomic mass is 16.5. The van der Waals surface area contributed by atoms with Gasteiger partial charge in [-0.2, -0.15) is 4.98 Å². The minimum atomic E-state index is 0.00739. The second-order valence-electron chi connectivity index (χ2n) is 3.15. The minimum Gasteiger partial charge on any atom is -0.493 e. The molecule has 3 N–H and O–H groups in total. The van der Waals surface area contributed by atoms with Crippen LogP contribution in [-0.4, -0.2) is 24.4 Å². The average Bonchev–Trinajstić information content (AvgIpc) is 2.74. The van der Waals surface area contributed by atoms with Crippen LogP contribution in [0.1, 0.15) is 0 Å². The van der Waals surface area contributed by atoms with Crippen molar-refractivity contribution in [2.75, 3.05) is 25.3 Å². The van der Waals surface area contributed by atoms with Crippen LogP contribution >= 0.6 is 0 Å². The van der Waals surface area contributed by atoms with E-state index in [0.717, 1.165) is 5.69 Å². The van der Waals surface area contributed by atoms with E-state index in [4.69, 9.17) is 15.2 Å². The van der Waals surface area contributed by atoms with E-state index in [1.807, 2.05) is 0 Å². The van der Waals surface area contributed by atoms with Crippen molar-refractivity contribution in [3.63, 3.8) is 0 Å². The summed E-state index contributed by atoms with van der Waals surface area (Å²) in [7, 11) is 3.14. The van der Waals surface area contributed by atoms with Crippen LogP contribution in [-0.2, 0) is 0 Å². The average molecular weight is 236 g/mol. The summed E-state index contributed by atoms with van der Waals surface area (Å²) in [6.45, 7) is 0. The van der Waals surface area contributed by atoms with E-state index in [-0.39, 0.29) is 12.0 Å². The summed E-state index contributed by atoms with van der Waals surface area (Å²) in [5.41, 5.74) is 6.05. The second kappa shape index (κ2) is 4.60. The Kier molecular flexibility index (Phi) is 2.99. The number of hydrogen-bond donors (Lipinski definition) is 2. The van der Waals surface area contributed by atoms with E-state index < -0.39 is 0 Å². The number of anilines is 3. The van der Waals surface area contributed by atoms with Crippen LogP contribution < -0.4 is 20.5 Å². The molecule has 0 fully saturated rings. The molecule has 0 atom stereocenters. The lowest BCUT2D eigenvalue weighted by Crippen LogP contribution is -1.95. The predicted octanol–water partition coefficient (Wildman–Crippen LogP) is 1.41. The molecule has 2 aromatic rings. The van der Waals surface area contributed by atoms with Gasteiger partial charge < -0.3 is 25.0 Å². The topological polar surface area (TPSA) is 95.4 Å². The highest BCUT2D eigenvalue weighted by molar-refractivity contribution is 5.59. The van der Waals surface area contributed by atoms with Crippen molar-refractivity contribution in [1.82, 2.24) is 10.1 Å². The molecule has 0 aliphatic rings. The molecule has 1 aromatic heterocycles. The van der Waals surface area contributed by atoms with Gasteiger partial charge in [0.15, 0.2) is 11.5 Å². The molecular formula is C10H12N4O3. The summed E-state index contributed by atoms with van der Waals surface area (Å²) in [6.07, 6.45) is 0. The fraction of sp³-hybridized carbons (Fsp3) is 0.200. The third-order valence-corrected chi connectivity index (χ3v) is 2.08. The first-order valence-corrected chi connectivity index (χ1v) is 4.81. The summed E-state index contributed by atoms with van der Waals surface area (Å²) in [6, 6.07) is 5.33. The molecule has 0 saturated carbocycles. The zero-order valence-electron chi connectivity index (χ0n) is 9.43. The molecule has 0 aliphatic carbocycles. The fourth-order valence-electron chi connectivity index (χ4n) is 1.33. The Morgan fingerprint density at radius 1 is 1.24 bits per heavy atom. The lowest BCUT2D eigenvalue weighted by Gasteiger charge is -2.09. The van der Waals surface area contributed by atoms with Gasteiger partial charge in [0.2, 0.25) is 0 Å². The van der Waals surface area contributed by atoms with E-state index in [1.54, 1.807) is 32.4 Å². The largest absolute Gasteiger partial charge is 0.493 e. The number of hydrogen-bond acceptors (Lipinski definition) is 7. The summed E-state index contributed by atoms with van der Waals surface area (Å²) >= 11 is 0. The van der Waals surface area contributed by atoms with Crippen LogP contribution in [0.4, 0.5) is 17.7 Å². The van der Waals surface area contributed by atoms with Gasteiger partial charge in [-0.15, -0.1) is 0 Å². The van der Waals surface area contributed by atoms with Crippen molar-refractivity contribution in [3.05, 3.63) is 18.2 Å². The Balaban J connectivity index is 2.22. The lowest BCUT2D eigenvalue weighted by molar-refractivity contribution is 0.355. The van der Waals surface area contributed by atoms with E-state index in [0.29, 0.717) is 11.5 Å². The monoisotopic (exact) mass is 236 g/mol. The van der Waals surface area contributed by atoms with Gasteiger partial charge in [-0.3, -0.25) is 0 Å². The zero-order chi connectivity index (χ0) is 12.3. The smallest absolute Gasteiger partial charge is 0.320 e. The highest BCUT2D eigenvalue weighted by Crippen LogP contribution is 2.30. The molecule has 90 valence electrons. The maximum atomic E-state index is 5.31. The number of nitrogens with one attached hydrogen (secondary N) is 1. The number of nitrogen functional groups attached to an aromatic ring is 1. The maximum Gasteiger partial charge on any atom is 0.320 e. The van der Waals surface area contributed by atoms with Crippen molar-refractivity contribution in [3.8, 4) is 11.5 Å². The predicted molar refractivity (Wildman–Crippen MR) is 61.5 cm³/mol. The first-order valence-electron chi connectivity index (χ1n) is 4.81. The molecule has 0 bridgehead atoms. The number of methoxy groups -OCH3 is 2. The number of nitrogens with two attached hydrogens (primary N) is 1. The molecule has 1 aromatic carbocycles. The van der Waals surface area contributed by atoms with E-state index in [2.05, 4.69) is 20.0 Å². The molecule has 0 saturated heterocycles. The van der Waals surface area contributed by atoms with Crippen molar-refractivity contribution in [2.45, 2.75) is 0 Å². The SMILES string of the molecule is COc1ccc(Nc2noc(N)n2)cc1OC. The summed E-state index contributed by atoms with van der Waals surface area (Å²) < 4.78 is 14.9. The van der Waals surface area contributed by atoms with Gasteiger partial charge in [0.05, 0.1) is 14.2 Å². The first-order chi connectivity index (χ1) is 8.22. The lowest BCUT2D eigenvalue weighted by atomic mass is 10.3. The number of benzene rings is 1. The van der Waals surface area contributed by atoms with Gasteiger partial charge in [0.25, 0.3) is 5.95 Å². The van der Waals surface area contributed by atoms with Crippen LogP contribution in [0.2, 0.25) is 0 Å². The van der Waals surface area contributed by atoms with Gasteiger partial charge in [0.1, 0.15) is 0 Å². The Hall–Kier alpha value is -2.44. The Labute approximate surface area is 97.5 Å². The maximum absolute atomic E-state index is 5.31. The number of nitrogens with zero attached hydrogens (tertiary/aromatic N) is 2. The number of aromatic nitrogens is 2. The van der Waals surface area contributed by atoms with Crippen LogP contribution in [0, 0.1) is 0 Å². The molecule has 0 radical (unpaired) electrons. The third kappa shape index (κ3) is 2.39. The van der Waals surface area contributed by atoms with E-state index >= 15 is 0 Å². The molecule has 7 nitrogen and oxygen atoms in total. The summed E-state index contributed by atoms with van der Waals surface area (Å²) in [4.78, 5) is 3.82. The van der Waals surface area contributed by atoms with E-state index in [1.165, 1.54) is 0 Å². The Bertz CT molecular complexity index is 512. The van der Waals surface area contributed by atoms with Crippen LogP contribution in [0.5, 0.6) is 11.5 Å². The number of rotatable bonds is 4. The zero-order valence-corrected chi connectivity index (χ0v) is 9.43. The standard InChI is InChI=1S/C10H12N4O3/c1-15-7-4-3-6(5-8(7)16-2)12-10-13-9(11)17-14-10/h3-5H,1-2H3,(H3,11,12,13,14). The van der Waals surface area contributed by atoms with Gasteiger partial charge in [-0.1, -0.05) is 0 Å². The van der Waals surface area contributed by atoms with Gasteiger partial charge >= 0.3 is 6.01 Å². The van der Waals surface area contributed by atoms with Crippen LogP contribution in [0.3, 0.4) is 0 Å². The van der Waals surface area contributed by atoms with Crippen molar-refractivity contribution >= 4 is 17.7 Å². The quantitative estimate of drug-likeness (QED) is 0.828. The third-order valence-electron chi connectivity index (χ3n) is 2.08. The van der Waals surface area contributed by atoms with Crippen molar-refractivity contribution in [1.29, 1.82) is 0 Å². The fourth-order valence-corrected chi connectivity index (χ4v) is 1.33. The highest BCUT2D eigenvalue weighted by Gasteiger charge is 2.07. The molecule has 0 unspecified atom stereocenters. The molecule has 1 heterocycles. The second-order valence-corrected chi connectivity index (χ2v) is 3.15. The Morgan fingerprint density at radius 2 is 2.00 bits per heavy atom. The van der Waals surface area contributed by atoms with Gasteiger partial charge in [-0.25, -0.2) is 0 Å². The van der Waals surface area contributed by atoms with Crippen molar-refractivity contribution in [2.24, 2.45) is 0 Å². The normalized spacial score (nSPS) is 10.0. The summed E-state index contributed by atoms with van der Waals surface area (Å²) in [5, 5.41) is 6.53. The number of ether oxygens (including phenoxy) is 2. The van der Waals surface area contributed by atoms with E-state index in [9.17, 15) is 0 Å². The molecule has 0 amide bonds. The van der Waals surface area contributed by atoms with Gasteiger partial charge in [0, 0.05) is 11.8 Å². The van der Waals surface area contributed by atoms with Crippen molar-refractivity contribution < 1.29 is 14.0 Å². The first kappa shape index (κ1) is 11.1. The minimum absolute atomic E-state index is 0.00739. The van der Waals surface area contributed by atoms with Crippen LogP contribution in [0.15, 0.2) is 22.7 Å². The molecule has 0 spiro atoms. The molecule has 0 aliphatic heterocycles. The van der Waals surface area contributed by atoms with Gasteiger partial charge in [-0.05, 0) is 17.3 Å². The summed E-state index contributed by atoms with van der Waals surface area (Å²) in [5.74, 6) is 1.54.